The molecule has 1 saturated heterocycles. The van der Waals surface area contributed by atoms with Crippen LogP contribution in [0, 0.1) is 0 Å². The molecule has 3 aromatic rings. The van der Waals surface area contributed by atoms with E-state index in [1.165, 1.54) is 6.07 Å². The van der Waals surface area contributed by atoms with Crippen molar-refractivity contribution in [2.45, 2.75) is 12.8 Å². The maximum Gasteiger partial charge on any atom is 0.255 e. The van der Waals surface area contributed by atoms with Gasteiger partial charge in [0.2, 0.25) is 11.8 Å². The quantitative estimate of drug-likeness (QED) is 0.603. The molecule has 1 heterocycles. The van der Waals surface area contributed by atoms with Gasteiger partial charge in [-0.25, -0.2) is 0 Å². The van der Waals surface area contributed by atoms with Crippen LogP contribution in [0.2, 0.25) is 0 Å². The van der Waals surface area contributed by atoms with E-state index in [2.05, 4.69) is 5.32 Å². The molecule has 0 spiro atoms. The monoisotopic (exact) mass is 416 g/mol. The highest BCUT2D eigenvalue weighted by Crippen LogP contribution is 2.31. The molecule has 156 valence electrons. The van der Waals surface area contributed by atoms with Crippen molar-refractivity contribution >= 4 is 29.1 Å². The number of para-hydroxylation sites is 2. The summed E-state index contributed by atoms with van der Waals surface area (Å²) in [6, 6.07) is 20.7. The van der Waals surface area contributed by atoms with Crippen molar-refractivity contribution in [1.82, 2.24) is 0 Å². The highest BCUT2D eigenvalue weighted by molar-refractivity contribution is 6.20. The molecule has 0 bridgehead atoms. The molecule has 3 amide bonds. The SMILES string of the molecule is COc1ccccc1Oc1ccc(NC(=O)c2cccc(N3C(=O)CCC3=O)c2)cc1. The molecule has 1 fully saturated rings. The van der Waals surface area contributed by atoms with Crippen molar-refractivity contribution in [2.24, 2.45) is 0 Å². The Morgan fingerprint density at radius 2 is 1.55 bits per heavy atom. The predicted molar refractivity (Wildman–Crippen MR) is 116 cm³/mol. The van der Waals surface area contributed by atoms with E-state index in [0.717, 1.165) is 4.90 Å². The molecule has 4 rings (SSSR count). The van der Waals surface area contributed by atoms with Crippen molar-refractivity contribution in [2.75, 3.05) is 17.3 Å². The molecular formula is C24H20N2O5. The van der Waals surface area contributed by atoms with E-state index in [4.69, 9.17) is 9.47 Å². The molecule has 0 radical (unpaired) electrons. The molecule has 0 aromatic heterocycles. The lowest BCUT2D eigenvalue weighted by Crippen LogP contribution is -2.28. The van der Waals surface area contributed by atoms with E-state index in [1.807, 2.05) is 12.1 Å². The molecule has 31 heavy (non-hydrogen) atoms. The molecule has 0 aliphatic carbocycles. The van der Waals surface area contributed by atoms with E-state index < -0.39 is 0 Å². The van der Waals surface area contributed by atoms with Crippen LogP contribution < -0.4 is 19.7 Å². The van der Waals surface area contributed by atoms with Gasteiger partial charge in [-0.15, -0.1) is 0 Å². The predicted octanol–water partition coefficient (Wildman–Crippen LogP) is 4.39. The molecule has 3 aromatic carbocycles. The Morgan fingerprint density at radius 1 is 0.871 bits per heavy atom. The number of carbonyl (C=O) groups is 3. The van der Waals surface area contributed by atoms with Gasteiger partial charge < -0.3 is 14.8 Å². The fourth-order valence-electron chi connectivity index (χ4n) is 3.29. The summed E-state index contributed by atoms with van der Waals surface area (Å²) in [5, 5.41) is 2.80. The third-order valence-corrected chi connectivity index (χ3v) is 4.83. The molecular weight excluding hydrogens is 396 g/mol. The lowest BCUT2D eigenvalue weighted by atomic mass is 10.1. The van der Waals surface area contributed by atoms with Crippen LogP contribution in [0.15, 0.2) is 72.8 Å². The molecule has 7 heteroatoms. The molecule has 0 saturated carbocycles. The summed E-state index contributed by atoms with van der Waals surface area (Å²) in [5.74, 6) is 0.940. The molecule has 1 aliphatic rings. The minimum atomic E-state index is -0.348. The third kappa shape index (κ3) is 4.40. The Hall–Kier alpha value is -4.13. The number of carbonyl (C=O) groups excluding carboxylic acids is 3. The Kier molecular flexibility index (Phi) is 5.66. The van der Waals surface area contributed by atoms with Gasteiger partial charge in [-0.1, -0.05) is 18.2 Å². The van der Waals surface area contributed by atoms with E-state index in [1.54, 1.807) is 61.7 Å². The average molecular weight is 416 g/mol. The number of rotatable bonds is 6. The second kappa shape index (κ2) is 8.71. The number of anilines is 2. The van der Waals surface area contributed by atoms with Crippen molar-refractivity contribution < 1.29 is 23.9 Å². The number of hydrogen-bond acceptors (Lipinski definition) is 5. The van der Waals surface area contributed by atoms with Crippen LogP contribution in [-0.2, 0) is 9.59 Å². The third-order valence-electron chi connectivity index (χ3n) is 4.83. The van der Waals surface area contributed by atoms with Crippen molar-refractivity contribution in [3.05, 3.63) is 78.4 Å². The number of nitrogens with one attached hydrogen (secondary N) is 1. The second-order valence-corrected chi connectivity index (χ2v) is 6.90. The molecule has 0 atom stereocenters. The van der Waals surface area contributed by atoms with E-state index in [9.17, 15) is 14.4 Å². The standard InChI is InChI=1S/C24H20N2O5/c1-30-20-7-2-3-8-21(20)31-19-11-9-17(10-12-19)25-24(29)16-5-4-6-18(15-16)26-22(27)13-14-23(26)28/h2-12,15H,13-14H2,1H3,(H,25,29). The minimum absolute atomic E-state index is 0.193. The molecule has 1 N–H and O–H groups in total. The van der Waals surface area contributed by atoms with Crippen LogP contribution in [0.25, 0.3) is 0 Å². The van der Waals surface area contributed by atoms with Crippen LogP contribution >= 0.6 is 0 Å². The Balaban J connectivity index is 1.45. The largest absolute Gasteiger partial charge is 0.493 e. The fraction of sp³-hybridized carbons (Fsp3) is 0.125. The molecule has 0 unspecified atom stereocenters. The van der Waals surface area contributed by atoms with Crippen molar-refractivity contribution in [1.29, 1.82) is 0 Å². The number of nitrogens with zero attached hydrogens (tertiary/aromatic N) is 1. The average Bonchev–Trinajstić information content (AvgIpc) is 3.13. The van der Waals surface area contributed by atoms with Gasteiger partial charge in [-0.05, 0) is 54.6 Å². The number of hydrogen-bond donors (Lipinski definition) is 1. The molecule has 1 aliphatic heterocycles. The second-order valence-electron chi connectivity index (χ2n) is 6.90. The highest BCUT2D eigenvalue weighted by atomic mass is 16.5. The Bertz CT molecular complexity index is 1120. The van der Waals surface area contributed by atoms with Crippen LogP contribution in [0.4, 0.5) is 11.4 Å². The summed E-state index contributed by atoms with van der Waals surface area (Å²) >= 11 is 0. The number of ether oxygens (including phenoxy) is 2. The maximum atomic E-state index is 12.7. The normalized spacial score (nSPS) is 13.3. The van der Waals surface area contributed by atoms with Gasteiger partial charge in [0.25, 0.3) is 5.91 Å². The van der Waals surface area contributed by atoms with Gasteiger partial charge >= 0.3 is 0 Å². The van der Waals surface area contributed by atoms with E-state index >= 15 is 0 Å². The first-order chi connectivity index (χ1) is 15.0. The summed E-state index contributed by atoms with van der Waals surface area (Å²) in [6.07, 6.45) is 0.386. The zero-order valence-electron chi connectivity index (χ0n) is 16.8. The highest BCUT2D eigenvalue weighted by Gasteiger charge is 2.30. The van der Waals surface area contributed by atoms with Gasteiger partial charge in [0.1, 0.15) is 5.75 Å². The number of amides is 3. The smallest absolute Gasteiger partial charge is 0.255 e. The van der Waals surface area contributed by atoms with Gasteiger partial charge in [0.15, 0.2) is 11.5 Å². The first kappa shape index (κ1) is 20.2. The number of imide groups is 1. The summed E-state index contributed by atoms with van der Waals surface area (Å²) in [5.41, 5.74) is 1.33. The van der Waals surface area contributed by atoms with Crippen molar-refractivity contribution in [3.63, 3.8) is 0 Å². The maximum absolute atomic E-state index is 12.7. The van der Waals surface area contributed by atoms with E-state index in [0.29, 0.717) is 34.2 Å². The minimum Gasteiger partial charge on any atom is -0.493 e. The van der Waals surface area contributed by atoms with Gasteiger partial charge in [0.05, 0.1) is 12.8 Å². The topological polar surface area (TPSA) is 84.9 Å². The number of benzene rings is 3. The zero-order valence-corrected chi connectivity index (χ0v) is 16.8. The number of methoxy groups -OCH3 is 1. The van der Waals surface area contributed by atoms with Crippen LogP contribution in [-0.4, -0.2) is 24.8 Å². The van der Waals surface area contributed by atoms with E-state index in [-0.39, 0.29) is 30.6 Å². The van der Waals surface area contributed by atoms with Gasteiger partial charge in [-0.2, -0.15) is 0 Å². The zero-order chi connectivity index (χ0) is 21.8. The fourth-order valence-corrected chi connectivity index (χ4v) is 3.29. The van der Waals surface area contributed by atoms with Crippen LogP contribution in [0.1, 0.15) is 23.2 Å². The summed E-state index contributed by atoms with van der Waals surface area (Å²) < 4.78 is 11.1. The van der Waals surface area contributed by atoms with Crippen molar-refractivity contribution in [3.8, 4) is 17.2 Å². The van der Waals surface area contributed by atoms with Gasteiger partial charge in [-0.3, -0.25) is 19.3 Å². The van der Waals surface area contributed by atoms with Gasteiger partial charge in [0, 0.05) is 24.1 Å². The van der Waals surface area contributed by atoms with Crippen LogP contribution in [0.5, 0.6) is 17.2 Å². The summed E-state index contributed by atoms with van der Waals surface area (Å²) in [7, 11) is 1.57. The first-order valence-corrected chi connectivity index (χ1v) is 9.73. The Labute approximate surface area is 179 Å². The first-order valence-electron chi connectivity index (χ1n) is 9.73. The Morgan fingerprint density at radius 3 is 2.23 bits per heavy atom. The van der Waals surface area contributed by atoms with Crippen LogP contribution in [0.3, 0.4) is 0 Å². The lowest BCUT2D eigenvalue weighted by molar-refractivity contribution is -0.121. The lowest BCUT2D eigenvalue weighted by Gasteiger charge is -2.15. The molecule has 7 nitrogen and oxygen atoms in total. The summed E-state index contributed by atoms with van der Waals surface area (Å²) in [6.45, 7) is 0. The summed E-state index contributed by atoms with van der Waals surface area (Å²) in [4.78, 5) is 37.7.